The van der Waals surface area contributed by atoms with Crippen LogP contribution in [0.3, 0.4) is 0 Å². The van der Waals surface area contributed by atoms with Crippen LogP contribution in [0.2, 0.25) is 0 Å². The average molecular weight is 250 g/mol. The first-order valence-electron chi connectivity index (χ1n) is 3.17. The molecule has 0 amide bonds. The molecule has 16 heavy (non-hydrogen) atoms. The van der Waals surface area contributed by atoms with Gasteiger partial charge in [0.25, 0.3) is 0 Å². The van der Waals surface area contributed by atoms with E-state index in [2.05, 4.69) is 60.2 Å². The lowest BCUT2D eigenvalue weighted by atomic mass is 10.9. The van der Waals surface area contributed by atoms with Gasteiger partial charge in [0.1, 0.15) is 12.9 Å². The minimum atomic E-state index is -0.380. The molecule has 0 atom stereocenters. The average Bonchev–Trinajstić information content (AvgIpc) is 2.31. The molecular formula is C3H6O13. The van der Waals surface area contributed by atoms with E-state index < -0.39 is 0 Å². The van der Waals surface area contributed by atoms with Crippen molar-refractivity contribution >= 4 is 6.29 Å². The highest BCUT2D eigenvalue weighted by molar-refractivity contribution is 5.50. The molecule has 0 aromatic heterocycles. The SMILES string of the molecule is COOOOOOOOOOOOCC=O. The molecule has 0 saturated heterocycles. The zero-order valence-corrected chi connectivity index (χ0v) is 7.59. The third-order valence-corrected chi connectivity index (χ3v) is 0.502. The number of hydrogen-bond acceptors (Lipinski definition) is 13. The fourth-order valence-corrected chi connectivity index (χ4v) is 0.194. The maximum absolute atomic E-state index is 9.65. The Morgan fingerprint density at radius 3 is 1.62 bits per heavy atom. The summed E-state index contributed by atoms with van der Waals surface area (Å²) in [5.41, 5.74) is 0. The van der Waals surface area contributed by atoms with Crippen molar-refractivity contribution in [3.8, 4) is 0 Å². The molecule has 0 aliphatic heterocycles. The molecule has 0 saturated carbocycles. The van der Waals surface area contributed by atoms with Gasteiger partial charge in [-0.1, -0.05) is 0 Å². The highest BCUT2D eigenvalue weighted by Gasteiger charge is 1.96. The van der Waals surface area contributed by atoms with Gasteiger partial charge in [-0.15, -0.1) is 0 Å². The van der Waals surface area contributed by atoms with E-state index in [-0.39, 0.29) is 6.61 Å². The predicted octanol–water partition coefficient (Wildman–Crippen LogP) is -0.921. The summed E-state index contributed by atoms with van der Waals surface area (Å²) in [6.45, 7) is -0.380. The lowest BCUT2D eigenvalue weighted by Crippen LogP contribution is -2.04. The first kappa shape index (κ1) is 15.2. The van der Waals surface area contributed by atoms with Gasteiger partial charge in [0.2, 0.25) is 0 Å². The number of rotatable bonds is 13. The summed E-state index contributed by atoms with van der Waals surface area (Å²) in [4.78, 5) is 17.5. The van der Waals surface area contributed by atoms with Crippen molar-refractivity contribution < 1.29 is 65.0 Å². The Labute approximate surface area is 86.2 Å². The standard InChI is InChI=1S/C3H6O13/c1-5-7-9-11-13-15-16-14-12-10-8-6-3-2-4/h2H,3H2,1H3. The zero-order chi connectivity index (χ0) is 11.9. The van der Waals surface area contributed by atoms with Crippen LogP contribution < -0.4 is 0 Å². The van der Waals surface area contributed by atoms with Gasteiger partial charge in [0.05, 0.1) is 7.11 Å². The summed E-state index contributed by atoms with van der Waals surface area (Å²) in [6, 6.07) is 0. The van der Waals surface area contributed by atoms with Gasteiger partial charge < -0.3 is 4.79 Å². The topological polar surface area (TPSA) is 128 Å². The summed E-state index contributed by atoms with van der Waals surface area (Å²) >= 11 is 0. The Kier molecular flexibility index (Phi) is 13.5. The fourth-order valence-electron chi connectivity index (χ4n) is 0.194. The Hall–Kier alpha value is -0.810. The van der Waals surface area contributed by atoms with Crippen LogP contribution in [-0.2, 0) is 65.0 Å². The van der Waals surface area contributed by atoms with Crippen molar-refractivity contribution in [1.82, 2.24) is 0 Å². The van der Waals surface area contributed by atoms with E-state index in [1.807, 2.05) is 0 Å². The minimum absolute atomic E-state index is 0.380. The van der Waals surface area contributed by atoms with Crippen LogP contribution in [0.5, 0.6) is 0 Å². The second-order valence-corrected chi connectivity index (χ2v) is 1.30. The molecule has 0 bridgehead atoms. The van der Waals surface area contributed by atoms with E-state index in [9.17, 15) is 4.79 Å². The van der Waals surface area contributed by atoms with Crippen molar-refractivity contribution in [3.63, 3.8) is 0 Å². The first-order chi connectivity index (χ1) is 7.91. The van der Waals surface area contributed by atoms with Crippen LogP contribution in [0.15, 0.2) is 0 Å². The molecule has 0 spiro atoms. The Morgan fingerprint density at radius 1 is 0.750 bits per heavy atom. The summed E-state index contributed by atoms with van der Waals surface area (Å²) in [5.74, 6) is 0. The van der Waals surface area contributed by atoms with E-state index in [1.54, 1.807) is 0 Å². The first-order valence-corrected chi connectivity index (χ1v) is 3.17. The van der Waals surface area contributed by atoms with Gasteiger partial charge in [0, 0.05) is 0 Å². The van der Waals surface area contributed by atoms with Crippen LogP contribution in [0.1, 0.15) is 0 Å². The molecule has 13 nitrogen and oxygen atoms in total. The van der Waals surface area contributed by atoms with Gasteiger partial charge in [-0.2, -0.15) is 4.89 Å². The number of aldehydes is 1. The van der Waals surface area contributed by atoms with Crippen LogP contribution >= 0.6 is 0 Å². The summed E-state index contributed by atoms with van der Waals surface area (Å²) in [6.07, 6.45) is 0.386. The largest absolute Gasteiger partial charge is 0.301 e. The molecule has 0 aliphatic carbocycles. The number of carbonyl (C=O) groups excluding carboxylic acids is 1. The molecule has 0 aromatic carbocycles. The fraction of sp³-hybridized carbons (Fsp3) is 0.667. The van der Waals surface area contributed by atoms with Crippen molar-refractivity contribution in [2.24, 2.45) is 0 Å². The van der Waals surface area contributed by atoms with E-state index in [1.165, 1.54) is 0 Å². The minimum Gasteiger partial charge on any atom is -0.301 e. The number of hydrogen-bond donors (Lipinski definition) is 0. The molecule has 0 aromatic rings. The maximum atomic E-state index is 9.65. The van der Waals surface area contributed by atoms with Gasteiger partial charge >= 0.3 is 0 Å². The summed E-state index contributed by atoms with van der Waals surface area (Å²) in [7, 11) is 1.13. The van der Waals surface area contributed by atoms with Crippen LogP contribution in [0.25, 0.3) is 0 Å². The molecule has 0 unspecified atom stereocenters. The molecule has 0 heterocycles. The second-order valence-electron chi connectivity index (χ2n) is 1.30. The normalized spacial score (nSPS) is 10.6. The molecule has 96 valence electrons. The van der Waals surface area contributed by atoms with Crippen molar-refractivity contribution in [2.45, 2.75) is 0 Å². The zero-order valence-electron chi connectivity index (χ0n) is 7.59. The number of carbonyl (C=O) groups is 1. The van der Waals surface area contributed by atoms with Gasteiger partial charge in [0.15, 0.2) is 0 Å². The Morgan fingerprint density at radius 2 is 1.19 bits per heavy atom. The van der Waals surface area contributed by atoms with Crippen molar-refractivity contribution in [2.75, 3.05) is 13.7 Å². The van der Waals surface area contributed by atoms with Crippen LogP contribution in [0, 0.1) is 0 Å². The van der Waals surface area contributed by atoms with Gasteiger partial charge in [-0.05, 0) is 50.4 Å². The maximum Gasteiger partial charge on any atom is 0.149 e. The quantitative estimate of drug-likeness (QED) is 0.173. The van der Waals surface area contributed by atoms with Crippen molar-refractivity contribution in [3.05, 3.63) is 0 Å². The highest BCUT2D eigenvalue weighted by Crippen LogP contribution is 1.90. The van der Waals surface area contributed by atoms with Gasteiger partial charge in [-0.25, -0.2) is 4.89 Å². The highest BCUT2D eigenvalue weighted by atomic mass is 18.0. The van der Waals surface area contributed by atoms with Crippen molar-refractivity contribution in [1.29, 1.82) is 0 Å². The smallest absolute Gasteiger partial charge is 0.149 e. The van der Waals surface area contributed by atoms with Gasteiger partial charge in [-0.3, -0.25) is 0 Å². The molecule has 0 fully saturated rings. The lowest BCUT2D eigenvalue weighted by molar-refractivity contribution is -0.862. The summed E-state index contributed by atoms with van der Waals surface area (Å²) in [5, 5.41) is 35.9. The second kappa shape index (κ2) is 14.2. The summed E-state index contributed by atoms with van der Waals surface area (Å²) < 4.78 is 0. The van der Waals surface area contributed by atoms with Crippen LogP contribution in [-0.4, -0.2) is 20.0 Å². The molecule has 0 N–H and O–H groups in total. The molecule has 0 radical (unpaired) electrons. The third-order valence-electron chi connectivity index (χ3n) is 0.502. The third kappa shape index (κ3) is 13.2. The lowest BCUT2D eigenvalue weighted by Gasteiger charge is -1.98. The predicted molar refractivity (Wildman–Crippen MR) is 29.9 cm³/mol. The Bertz CT molecular complexity index is 137. The molecule has 0 rings (SSSR count). The monoisotopic (exact) mass is 250 g/mol. The van der Waals surface area contributed by atoms with E-state index in [0.717, 1.165) is 7.11 Å². The molecule has 13 heteroatoms. The van der Waals surface area contributed by atoms with E-state index in [4.69, 9.17) is 0 Å². The molecular weight excluding hydrogens is 244 g/mol. The Balaban J connectivity index is 2.85. The van der Waals surface area contributed by atoms with Crippen LogP contribution in [0.4, 0.5) is 0 Å². The van der Waals surface area contributed by atoms with E-state index in [0.29, 0.717) is 6.29 Å². The van der Waals surface area contributed by atoms with E-state index >= 15 is 0 Å². The molecule has 0 aliphatic rings.